The van der Waals surface area contributed by atoms with Crippen molar-refractivity contribution < 1.29 is 37.3 Å². The highest BCUT2D eigenvalue weighted by Crippen LogP contribution is 2.43. The zero-order valence-corrected chi connectivity index (χ0v) is 15.4. The fourth-order valence-electron chi connectivity index (χ4n) is 2.82. The van der Waals surface area contributed by atoms with Gasteiger partial charge in [-0.2, -0.15) is 13.2 Å². The van der Waals surface area contributed by atoms with Crippen LogP contribution < -0.4 is 14.8 Å². The van der Waals surface area contributed by atoms with E-state index >= 15 is 0 Å². The average molecular weight is 399 g/mol. The topological polar surface area (TPSA) is 84.9 Å². The number of Topliss-reactive ketones (excluding diaryl/α,β-unsaturated/α-hetero) is 1. The number of carbonyl (C=O) groups excluding carboxylic acids is 1. The molecule has 0 unspecified atom stereocenters. The van der Waals surface area contributed by atoms with Crippen molar-refractivity contribution in [2.45, 2.75) is 19.5 Å². The van der Waals surface area contributed by atoms with Gasteiger partial charge < -0.3 is 14.6 Å². The van der Waals surface area contributed by atoms with Crippen LogP contribution >= 0.6 is 0 Å². The van der Waals surface area contributed by atoms with E-state index in [2.05, 4.69) is 5.32 Å². The first-order chi connectivity index (χ1) is 13.2. The molecule has 2 aromatic carbocycles. The molecule has 0 radical (unpaired) electrons. The molecule has 9 heteroatoms. The quantitative estimate of drug-likeness (QED) is 0.628. The molecule has 2 aromatic rings. The lowest BCUT2D eigenvalue weighted by Crippen LogP contribution is -2.28. The monoisotopic (exact) mass is 399 g/mol. The normalized spacial score (nSPS) is 11.5. The van der Waals surface area contributed by atoms with Gasteiger partial charge in [0, 0.05) is 0 Å². The standard InChI is InChI=1S/C19H20F3NO5/c1-3-8-28-14-6-5-12-11(17(14)13(24)9-23-10-16(25)26)4-7-15(27-2)18(12)19(20,21)22/h4-7,23H,3,8-10H2,1-2H3,(H,25,26). The molecule has 152 valence electrons. The van der Waals surface area contributed by atoms with Crippen LogP contribution in [0.3, 0.4) is 0 Å². The van der Waals surface area contributed by atoms with E-state index in [9.17, 15) is 22.8 Å². The summed E-state index contributed by atoms with van der Waals surface area (Å²) in [6.45, 7) is 1.31. The number of carboxylic acids is 1. The Morgan fingerprint density at radius 3 is 2.29 bits per heavy atom. The van der Waals surface area contributed by atoms with Crippen LogP contribution in [0.1, 0.15) is 29.3 Å². The van der Waals surface area contributed by atoms with Crippen molar-refractivity contribution in [3.8, 4) is 11.5 Å². The molecule has 0 aliphatic carbocycles. The highest BCUT2D eigenvalue weighted by atomic mass is 19.4. The summed E-state index contributed by atoms with van der Waals surface area (Å²) >= 11 is 0. The van der Waals surface area contributed by atoms with Gasteiger partial charge in [-0.25, -0.2) is 0 Å². The summed E-state index contributed by atoms with van der Waals surface area (Å²) < 4.78 is 51.3. The zero-order valence-electron chi connectivity index (χ0n) is 15.4. The maximum atomic E-state index is 13.6. The van der Waals surface area contributed by atoms with Crippen molar-refractivity contribution >= 4 is 22.5 Å². The van der Waals surface area contributed by atoms with Crippen LogP contribution in [0.5, 0.6) is 11.5 Å². The SMILES string of the molecule is CCCOc1ccc2c(C(F)(F)F)c(OC)ccc2c1C(=O)CNCC(=O)O. The third-order valence-electron chi connectivity index (χ3n) is 3.93. The van der Waals surface area contributed by atoms with Crippen LogP contribution in [-0.2, 0) is 11.0 Å². The van der Waals surface area contributed by atoms with E-state index in [-0.39, 0.29) is 41.0 Å². The summed E-state index contributed by atoms with van der Waals surface area (Å²) in [6.07, 6.45) is -4.06. The summed E-state index contributed by atoms with van der Waals surface area (Å²) in [5.74, 6) is -1.94. The molecule has 0 atom stereocenters. The molecule has 0 saturated heterocycles. The van der Waals surface area contributed by atoms with Gasteiger partial charge in [-0.15, -0.1) is 0 Å². The van der Waals surface area contributed by atoms with Crippen molar-refractivity contribution in [1.29, 1.82) is 0 Å². The molecule has 0 spiro atoms. The van der Waals surface area contributed by atoms with Gasteiger partial charge in [0.15, 0.2) is 5.78 Å². The second-order valence-corrected chi connectivity index (χ2v) is 5.94. The van der Waals surface area contributed by atoms with Gasteiger partial charge in [0.1, 0.15) is 17.1 Å². The van der Waals surface area contributed by atoms with Gasteiger partial charge >= 0.3 is 12.1 Å². The second-order valence-electron chi connectivity index (χ2n) is 5.94. The molecule has 0 aromatic heterocycles. The minimum Gasteiger partial charge on any atom is -0.496 e. The lowest BCUT2D eigenvalue weighted by Gasteiger charge is -2.18. The number of benzene rings is 2. The first-order valence-corrected chi connectivity index (χ1v) is 8.50. The zero-order chi connectivity index (χ0) is 20.9. The first-order valence-electron chi connectivity index (χ1n) is 8.50. The third-order valence-corrected chi connectivity index (χ3v) is 3.93. The molecule has 2 rings (SSSR count). The average Bonchev–Trinajstić information content (AvgIpc) is 2.63. The van der Waals surface area contributed by atoms with Gasteiger partial charge in [-0.05, 0) is 41.5 Å². The Morgan fingerprint density at radius 1 is 1.07 bits per heavy atom. The van der Waals surface area contributed by atoms with Gasteiger partial charge in [0.05, 0.1) is 32.4 Å². The molecule has 0 aliphatic heterocycles. The number of ether oxygens (including phenoxy) is 2. The lowest BCUT2D eigenvalue weighted by molar-refractivity contribution is -0.137. The first kappa shape index (κ1) is 21.5. The number of ketones is 1. The number of aliphatic carboxylic acids is 1. The number of hydrogen-bond donors (Lipinski definition) is 2. The largest absolute Gasteiger partial charge is 0.496 e. The van der Waals surface area contributed by atoms with Gasteiger partial charge in [-0.3, -0.25) is 14.9 Å². The molecule has 0 saturated carbocycles. The number of alkyl halides is 3. The molecule has 0 aliphatic rings. The van der Waals surface area contributed by atoms with E-state index in [1.54, 1.807) is 0 Å². The molecular formula is C19H20F3NO5. The number of hydrogen-bond acceptors (Lipinski definition) is 5. The number of carboxylic acid groups (broad SMARTS) is 1. The van der Waals surface area contributed by atoms with E-state index in [0.29, 0.717) is 6.42 Å². The third kappa shape index (κ3) is 4.72. The van der Waals surface area contributed by atoms with Crippen molar-refractivity contribution in [2.24, 2.45) is 0 Å². The Hall–Kier alpha value is -2.81. The predicted octanol–water partition coefficient (Wildman–Crippen LogP) is 3.51. The number of nitrogens with one attached hydrogen (secondary N) is 1. The number of carbonyl (C=O) groups is 2. The highest BCUT2D eigenvalue weighted by molar-refractivity contribution is 6.12. The molecule has 0 heterocycles. The summed E-state index contributed by atoms with van der Waals surface area (Å²) in [4.78, 5) is 23.3. The van der Waals surface area contributed by atoms with Crippen molar-refractivity contribution in [3.63, 3.8) is 0 Å². The van der Waals surface area contributed by atoms with E-state index < -0.39 is 30.0 Å². The van der Waals surface area contributed by atoms with Crippen LogP contribution in [0.4, 0.5) is 13.2 Å². The number of methoxy groups -OCH3 is 1. The van der Waals surface area contributed by atoms with Crippen LogP contribution in [0.15, 0.2) is 24.3 Å². The van der Waals surface area contributed by atoms with Crippen LogP contribution in [0.25, 0.3) is 10.8 Å². The Morgan fingerprint density at radius 2 is 1.71 bits per heavy atom. The second kappa shape index (κ2) is 8.92. The summed E-state index contributed by atoms with van der Waals surface area (Å²) in [5, 5.41) is 11.0. The summed E-state index contributed by atoms with van der Waals surface area (Å²) in [6, 6.07) is 5.08. The minimum atomic E-state index is -4.70. The van der Waals surface area contributed by atoms with Gasteiger partial charge in [0.2, 0.25) is 0 Å². The molecule has 6 nitrogen and oxygen atoms in total. The Balaban J connectivity index is 2.65. The van der Waals surface area contributed by atoms with Crippen LogP contribution in [-0.4, -0.2) is 43.7 Å². The van der Waals surface area contributed by atoms with E-state index in [4.69, 9.17) is 14.6 Å². The minimum absolute atomic E-state index is 0.0306. The number of fused-ring (bicyclic) bond motifs is 1. The number of rotatable bonds is 9. The Bertz CT molecular complexity index is 880. The molecule has 0 amide bonds. The van der Waals surface area contributed by atoms with Crippen molar-refractivity contribution in [3.05, 3.63) is 35.4 Å². The Labute approximate surface area is 159 Å². The molecule has 2 N–H and O–H groups in total. The van der Waals surface area contributed by atoms with Crippen LogP contribution in [0, 0.1) is 0 Å². The van der Waals surface area contributed by atoms with E-state index in [1.165, 1.54) is 18.2 Å². The smallest absolute Gasteiger partial charge is 0.420 e. The molecular weight excluding hydrogens is 379 g/mol. The maximum absolute atomic E-state index is 13.6. The summed E-state index contributed by atoms with van der Waals surface area (Å²) in [5.41, 5.74) is -1.01. The highest BCUT2D eigenvalue weighted by Gasteiger charge is 2.37. The fraction of sp³-hybridized carbons (Fsp3) is 0.368. The van der Waals surface area contributed by atoms with E-state index in [1.807, 2.05) is 6.92 Å². The van der Waals surface area contributed by atoms with Gasteiger partial charge in [0.25, 0.3) is 0 Å². The maximum Gasteiger partial charge on any atom is 0.420 e. The molecule has 28 heavy (non-hydrogen) atoms. The lowest BCUT2D eigenvalue weighted by atomic mass is 9.95. The predicted molar refractivity (Wildman–Crippen MR) is 96.1 cm³/mol. The van der Waals surface area contributed by atoms with Crippen LogP contribution in [0.2, 0.25) is 0 Å². The fourth-order valence-corrected chi connectivity index (χ4v) is 2.82. The molecule has 0 fully saturated rings. The van der Waals surface area contributed by atoms with Crippen molar-refractivity contribution in [2.75, 3.05) is 26.8 Å². The van der Waals surface area contributed by atoms with Crippen molar-refractivity contribution in [1.82, 2.24) is 5.32 Å². The van der Waals surface area contributed by atoms with Gasteiger partial charge in [-0.1, -0.05) is 6.92 Å². The Kier molecular flexibility index (Phi) is 6.85. The van der Waals surface area contributed by atoms with E-state index in [0.717, 1.165) is 13.2 Å². The summed E-state index contributed by atoms with van der Waals surface area (Å²) in [7, 11) is 1.14. The molecule has 0 bridgehead atoms. The number of halogens is 3.